The molecule has 1 aliphatic heterocycles. The Morgan fingerprint density at radius 1 is 0.885 bits per heavy atom. The molecule has 2 aromatic rings. The van der Waals surface area contributed by atoms with Gasteiger partial charge in [0.05, 0.1) is 0 Å². The van der Waals surface area contributed by atoms with Gasteiger partial charge in [-0.1, -0.05) is 30.3 Å². The molecule has 2 amide bonds. The van der Waals surface area contributed by atoms with E-state index in [1.165, 1.54) is 18.5 Å². The van der Waals surface area contributed by atoms with Crippen LogP contribution >= 0.6 is 0 Å². The molecule has 1 heterocycles. The Morgan fingerprint density at radius 2 is 1.58 bits per heavy atom. The number of nitrogens with zero attached hydrogens (tertiary/aromatic N) is 1. The van der Waals surface area contributed by atoms with E-state index in [1.54, 1.807) is 0 Å². The molecule has 0 unspecified atom stereocenters. The van der Waals surface area contributed by atoms with Gasteiger partial charge in [-0.05, 0) is 49.1 Å². The zero-order valence-electron chi connectivity index (χ0n) is 14.9. The molecule has 5 heteroatoms. The summed E-state index contributed by atoms with van der Waals surface area (Å²) < 4.78 is 0. The van der Waals surface area contributed by atoms with E-state index in [4.69, 9.17) is 0 Å². The van der Waals surface area contributed by atoms with Crippen molar-refractivity contribution in [3.8, 4) is 0 Å². The fraction of sp³-hybridized carbons (Fsp3) is 0.333. The monoisotopic (exact) mass is 351 g/mol. The minimum Gasteiger partial charge on any atom is -0.372 e. The Labute approximate surface area is 154 Å². The molecule has 1 saturated heterocycles. The molecule has 1 fully saturated rings. The van der Waals surface area contributed by atoms with E-state index in [0.29, 0.717) is 6.54 Å². The van der Waals surface area contributed by atoms with Gasteiger partial charge in [-0.2, -0.15) is 0 Å². The highest BCUT2D eigenvalue weighted by Crippen LogP contribution is 2.22. The van der Waals surface area contributed by atoms with Crippen LogP contribution in [0.3, 0.4) is 0 Å². The molecule has 3 rings (SSSR count). The maximum Gasteiger partial charge on any atom is 0.233 e. The molecule has 0 bridgehead atoms. The summed E-state index contributed by atoms with van der Waals surface area (Å²) in [5, 5.41) is 5.57. The number of amides is 2. The van der Waals surface area contributed by atoms with Crippen LogP contribution in [0.5, 0.6) is 0 Å². The van der Waals surface area contributed by atoms with E-state index in [1.807, 2.05) is 54.6 Å². The predicted molar refractivity (Wildman–Crippen MR) is 104 cm³/mol. The van der Waals surface area contributed by atoms with Crippen LogP contribution in [0.1, 0.15) is 24.8 Å². The van der Waals surface area contributed by atoms with Crippen molar-refractivity contribution in [1.29, 1.82) is 0 Å². The molecule has 136 valence electrons. The molecule has 26 heavy (non-hydrogen) atoms. The third-order valence-electron chi connectivity index (χ3n) is 4.52. The number of rotatable bonds is 7. The average Bonchev–Trinajstić information content (AvgIpc) is 3.18. The third kappa shape index (κ3) is 5.34. The summed E-state index contributed by atoms with van der Waals surface area (Å²) in [6, 6.07) is 17.7. The van der Waals surface area contributed by atoms with E-state index in [0.717, 1.165) is 30.8 Å². The summed E-state index contributed by atoms with van der Waals surface area (Å²) >= 11 is 0. The Kier molecular flexibility index (Phi) is 6.25. The quantitative estimate of drug-likeness (QED) is 0.754. The van der Waals surface area contributed by atoms with Gasteiger partial charge in [-0.15, -0.1) is 0 Å². The van der Waals surface area contributed by atoms with Crippen LogP contribution in [0.25, 0.3) is 0 Å². The maximum absolute atomic E-state index is 12.0. The number of nitrogens with one attached hydrogen (secondary N) is 2. The summed E-state index contributed by atoms with van der Waals surface area (Å²) in [6.07, 6.45) is 3.06. The fourth-order valence-electron chi connectivity index (χ4n) is 3.14. The lowest BCUT2D eigenvalue weighted by atomic mass is 10.1. The fourth-order valence-corrected chi connectivity index (χ4v) is 3.14. The molecular formula is C21H25N3O2. The van der Waals surface area contributed by atoms with Gasteiger partial charge in [0.15, 0.2) is 0 Å². The van der Waals surface area contributed by atoms with Crippen LogP contribution in [-0.2, 0) is 16.0 Å². The van der Waals surface area contributed by atoms with Crippen molar-refractivity contribution in [2.24, 2.45) is 0 Å². The Bertz CT molecular complexity index is 723. The topological polar surface area (TPSA) is 61.4 Å². The standard InChI is InChI=1S/C21H25N3O2/c25-20(22-13-12-17-6-2-1-3-7-17)16-21(26)23-18-8-10-19(11-9-18)24-14-4-5-15-24/h1-3,6-11H,4-5,12-16H2,(H,22,25)(H,23,26). The Hall–Kier alpha value is -2.82. The van der Waals surface area contributed by atoms with Crippen LogP contribution in [0.4, 0.5) is 11.4 Å². The first-order valence-corrected chi connectivity index (χ1v) is 9.16. The van der Waals surface area contributed by atoms with Crippen molar-refractivity contribution in [3.05, 3.63) is 60.2 Å². The van der Waals surface area contributed by atoms with Crippen molar-refractivity contribution in [2.75, 3.05) is 29.9 Å². The summed E-state index contributed by atoms with van der Waals surface area (Å²) in [5.41, 5.74) is 3.06. The van der Waals surface area contributed by atoms with Crippen LogP contribution in [0.2, 0.25) is 0 Å². The largest absolute Gasteiger partial charge is 0.372 e. The Balaban J connectivity index is 1.39. The van der Waals surface area contributed by atoms with Gasteiger partial charge in [0, 0.05) is 31.0 Å². The zero-order valence-corrected chi connectivity index (χ0v) is 14.9. The first kappa shape index (κ1) is 18.0. The van der Waals surface area contributed by atoms with Crippen molar-refractivity contribution >= 4 is 23.2 Å². The second kappa shape index (κ2) is 9.04. The summed E-state index contributed by atoms with van der Waals surface area (Å²) in [7, 11) is 0. The number of anilines is 2. The number of carbonyl (C=O) groups is 2. The van der Waals surface area contributed by atoms with Gasteiger partial charge < -0.3 is 15.5 Å². The molecule has 5 nitrogen and oxygen atoms in total. The SMILES string of the molecule is O=C(CC(=O)Nc1ccc(N2CCCC2)cc1)NCCc1ccccc1. The van der Waals surface area contributed by atoms with Crippen LogP contribution < -0.4 is 15.5 Å². The molecule has 0 spiro atoms. The predicted octanol–water partition coefficient (Wildman–Crippen LogP) is 2.97. The van der Waals surface area contributed by atoms with E-state index >= 15 is 0 Å². The zero-order chi connectivity index (χ0) is 18.2. The molecule has 0 aliphatic carbocycles. The number of hydrogen-bond acceptors (Lipinski definition) is 3. The van der Waals surface area contributed by atoms with E-state index in [2.05, 4.69) is 15.5 Å². The molecule has 0 radical (unpaired) electrons. The van der Waals surface area contributed by atoms with E-state index < -0.39 is 0 Å². The summed E-state index contributed by atoms with van der Waals surface area (Å²) in [6.45, 7) is 2.71. The highest BCUT2D eigenvalue weighted by atomic mass is 16.2. The molecule has 0 atom stereocenters. The van der Waals surface area contributed by atoms with Gasteiger partial charge in [-0.25, -0.2) is 0 Å². The smallest absolute Gasteiger partial charge is 0.233 e. The van der Waals surface area contributed by atoms with Crippen molar-refractivity contribution in [2.45, 2.75) is 25.7 Å². The number of carbonyl (C=O) groups excluding carboxylic acids is 2. The van der Waals surface area contributed by atoms with Gasteiger partial charge in [0.25, 0.3) is 0 Å². The number of hydrogen-bond donors (Lipinski definition) is 2. The lowest BCUT2D eigenvalue weighted by molar-refractivity contribution is -0.126. The van der Waals surface area contributed by atoms with Crippen molar-refractivity contribution in [1.82, 2.24) is 5.32 Å². The minimum absolute atomic E-state index is 0.164. The van der Waals surface area contributed by atoms with E-state index in [9.17, 15) is 9.59 Å². The molecule has 0 saturated carbocycles. The van der Waals surface area contributed by atoms with Gasteiger partial charge >= 0.3 is 0 Å². The minimum atomic E-state index is -0.295. The van der Waals surface area contributed by atoms with Crippen LogP contribution in [0, 0.1) is 0 Å². The molecule has 2 N–H and O–H groups in total. The summed E-state index contributed by atoms with van der Waals surface area (Å²) in [5.74, 6) is -0.553. The van der Waals surface area contributed by atoms with Crippen LogP contribution in [-0.4, -0.2) is 31.4 Å². The molecular weight excluding hydrogens is 326 g/mol. The molecule has 0 aromatic heterocycles. The molecule has 2 aromatic carbocycles. The average molecular weight is 351 g/mol. The second-order valence-electron chi connectivity index (χ2n) is 6.55. The summed E-state index contributed by atoms with van der Waals surface area (Å²) in [4.78, 5) is 26.2. The normalized spacial score (nSPS) is 13.5. The van der Waals surface area contributed by atoms with Crippen LogP contribution in [0.15, 0.2) is 54.6 Å². The maximum atomic E-state index is 12.0. The lowest BCUT2D eigenvalue weighted by Gasteiger charge is -2.17. The van der Waals surface area contributed by atoms with Gasteiger partial charge in [0.1, 0.15) is 6.42 Å². The Morgan fingerprint density at radius 3 is 2.27 bits per heavy atom. The lowest BCUT2D eigenvalue weighted by Crippen LogP contribution is -2.29. The third-order valence-corrected chi connectivity index (χ3v) is 4.52. The first-order chi connectivity index (χ1) is 12.7. The molecule has 1 aliphatic rings. The second-order valence-corrected chi connectivity index (χ2v) is 6.55. The van der Waals surface area contributed by atoms with E-state index in [-0.39, 0.29) is 18.2 Å². The highest BCUT2D eigenvalue weighted by molar-refractivity contribution is 6.03. The van der Waals surface area contributed by atoms with Gasteiger partial charge in [0.2, 0.25) is 11.8 Å². The first-order valence-electron chi connectivity index (χ1n) is 9.16. The highest BCUT2D eigenvalue weighted by Gasteiger charge is 2.13. The van der Waals surface area contributed by atoms with Crippen molar-refractivity contribution < 1.29 is 9.59 Å². The van der Waals surface area contributed by atoms with Crippen molar-refractivity contribution in [3.63, 3.8) is 0 Å². The number of benzene rings is 2. The van der Waals surface area contributed by atoms with Gasteiger partial charge in [-0.3, -0.25) is 9.59 Å².